The summed E-state index contributed by atoms with van der Waals surface area (Å²) in [6.07, 6.45) is 11.2. The molecule has 2 fully saturated rings. The van der Waals surface area contributed by atoms with Crippen LogP contribution in [0.5, 0.6) is 5.75 Å². The second-order valence-corrected chi connectivity index (χ2v) is 9.14. The zero-order valence-electron chi connectivity index (χ0n) is 17.1. The van der Waals surface area contributed by atoms with Crippen LogP contribution in [-0.4, -0.2) is 22.2 Å². The van der Waals surface area contributed by atoms with Crippen molar-refractivity contribution in [2.75, 3.05) is 6.61 Å². The third kappa shape index (κ3) is 2.92. The number of rotatable bonds is 5. The van der Waals surface area contributed by atoms with Crippen molar-refractivity contribution in [3.05, 3.63) is 64.3 Å². The van der Waals surface area contributed by atoms with E-state index < -0.39 is 11.4 Å². The highest BCUT2D eigenvalue weighted by Gasteiger charge is 2.43. The molecule has 2 aromatic heterocycles. The van der Waals surface area contributed by atoms with E-state index in [2.05, 4.69) is 12.1 Å². The van der Waals surface area contributed by atoms with Gasteiger partial charge in [0.05, 0.1) is 24.8 Å². The molecule has 0 atom stereocenters. The third-order valence-electron chi connectivity index (χ3n) is 7.08. The summed E-state index contributed by atoms with van der Waals surface area (Å²) in [5, 5.41) is 9.50. The van der Waals surface area contributed by atoms with Gasteiger partial charge in [-0.1, -0.05) is 0 Å². The maximum Gasteiger partial charge on any atom is 0.341 e. The summed E-state index contributed by atoms with van der Waals surface area (Å²) in [5.74, 6) is 0.308. The minimum absolute atomic E-state index is 0.162. The number of aromatic carboxylic acids is 1. The number of fused-ring (bicyclic) bond motifs is 4. The largest absolute Gasteiger partial charge is 0.493 e. The van der Waals surface area contributed by atoms with Crippen molar-refractivity contribution in [2.24, 2.45) is 5.92 Å². The number of hydrogen-bond donors (Lipinski definition) is 1. The van der Waals surface area contributed by atoms with Gasteiger partial charge in [-0.2, -0.15) is 0 Å². The molecule has 3 aliphatic rings. The normalized spacial score (nSPS) is 18.2. The molecule has 2 saturated carbocycles. The Bertz CT molecular complexity index is 1250. The van der Waals surface area contributed by atoms with Crippen LogP contribution in [0, 0.1) is 5.92 Å². The first kappa shape index (κ1) is 18.5. The predicted octanol–water partition coefficient (Wildman–Crippen LogP) is 4.70. The fourth-order valence-electron chi connectivity index (χ4n) is 5.00. The van der Waals surface area contributed by atoms with E-state index in [0.717, 1.165) is 59.4 Å². The minimum Gasteiger partial charge on any atom is -0.493 e. The predicted molar refractivity (Wildman–Crippen MR) is 115 cm³/mol. The van der Waals surface area contributed by atoms with Gasteiger partial charge in [-0.05, 0) is 68.2 Å². The van der Waals surface area contributed by atoms with Gasteiger partial charge in [-0.15, -0.1) is 0 Å². The summed E-state index contributed by atoms with van der Waals surface area (Å²) in [5.41, 5.74) is 3.97. The van der Waals surface area contributed by atoms with Crippen LogP contribution in [0.4, 0.5) is 0 Å². The molecule has 1 spiro atoms. The van der Waals surface area contributed by atoms with E-state index in [-0.39, 0.29) is 11.1 Å². The zero-order chi connectivity index (χ0) is 21.2. The van der Waals surface area contributed by atoms with E-state index >= 15 is 0 Å². The quantitative estimate of drug-likeness (QED) is 0.651. The van der Waals surface area contributed by atoms with E-state index in [0.29, 0.717) is 12.5 Å². The van der Waals surface area contributed by atoms with Gasteiger partial charge < -0.3 is 18.8 Å². The number of aromatic nitrogens is 1. The number of hydrogen-bond acceptors (Lipinski definition) is 4. The molecular formula is C25H23NO5. The Hall–Kier alpha value is -3.28. The van der Waals surface area contributed by atoms with Gasteiger partial charge in [0.1, 0.15) is 11.3 Å². The van der Waals surface area contributed by atoms with Gasteiger partial charge in [0.25, 0.3) is 0 Å². The van der Waals surface area contributed by atoms with Crippen LogP contribution in [0.15, 0.2) is 52.2 Å². The molecule has 2 aliphatic carbocycles. The first-order valence-electron chi connectivity index (χ1n) is 10.9. The van der Waals surface area contributed by atoms with Crippen LogP contribution in [0.25, 0.3) is 22.4 Å². The van der Waals surface area contributed by atoms with Crippen molar-refractivity contribution in [3.63, 3.8) is 0 Å². The highest BCUT2D eigenvalue weighted by atomic mass is 16.5. The number of benzene rings is 1. The number of carbonyl (C=O) groups is 1. The number of nitrogens with zero attached hydrogens (tertiary/aromatic N) is 1. The van der Waals surface area contributed by atoms with Crippen LogP contribution in [0.2, 0.25) is 0 Å². The highest BCUT2D eigenvalue weighted by Crippen LogP contribution is 2.50. The zero-order valence-corrected chi connectivity index (χ0v) is 17.1. The summed E-state index contributed by atoms with van der Waals surface area (Å²) in [7, 11) is 0. The molecule has 1 aliphatic heterocycles. The lowest BCUT2D eigenvalue weighted by molar-refractivity contribution is 0.0691. The van der Waals surface area contributed by atoms with Crippen molar-refractivity contribution in [1.82, 2.24) is 4.57 Å². The van der Waals surface area contributed by atoms with E-state index in [1.165, 1.54) is 18.9 Å². The summed E-state index contributed by atoms with van der Waals surface area (Å²) >= 11 is 0. The molecule has 0 radical (unpaired) electrons. The number of carboxylic acid groups (broad SMARTS) is 1. The van der Waals surface area contributed by atoms with Gasteiger partial charge in [-0.25, -0.2) is 4.79 Å². The van der Waals surface area contributed by atoms with E-state index in [1.807, 2.05) is 10.6 Å². The van der Waals surface area contributed by atoms with E-state index in [9.17, 15) is 14.7 Å². The maximum absolute atomic E-state index is 12.6. The molecule has 6 nitrogen and oxygen atoms in total. The smallest absolute Gasteiger partial charge is 0.341 e. The molecule has 6 rings (SSSR count). The average molecular weight is 417 g/mol. The van der Waals surface area contributed by atoms with Crippen molar-refractivity contribution in [2.45, 2.75) is 44.1 Å². The Kier molecular flexibility index (Phi) is 3.94. The Morgan fingerprint density at radius 3 is 2.71 bits per heavy atom. The van der Waals surface area contributed by atoms with E-state index in [1.54, 1.807) is 18.7 Å². The molecule has 0 unspecified atom stereocenters. The van der Waals surface area contributed by atoms with Crippen LogP contribution < -0.4 is 10.2 Å². The molecule has 1 aromatic carbocycles. The molecule has 0 amide bonds. The molecule has 1 N–H and O–H groups in total. The number of ether oxygens (including phenoxy) is 1. The molecule has 3 heterocycles. The second kappa shape index (κ2) is 6.61. The summed E-state index contributed by atoms with van der Waals surface area (Å²) in [4.78, 5) is 24.2. The van der Waals surface area contributed by atoms with Gasteiger partial charge in [0.2, 0.25) is 0 Å². The van der Waals surface area contributed by atoms with Crippen LogP contribution in [-0.2, 0) is 12.0 Å². The molecule has 0 saturated heterocycles. The van der Waals surface area contributed by atoms with Gasteiger partial charge in [0, 0.05) is 34.5 Å². The standard InChI is InChI=1S/C25H23NO5/c27-22-10-21-18-9-19(16-4-7-30-14-16)23(31-13-15-2-3-15)8-17(18)11-25(5-1-6-25)26(21)12-20(22)24(28)29/h4,7-10,12,14-15H,1-3,5-6,11,13H2,(H,28,29). The number of furan rings is 1. The monoisotopic (exact) mass is 417 g/mol. The lowest BCUT2D eigenvalue weighted by atomic mass is 9.69. The second-order valence-electron chi connectivity index (χ2n) is 9.14. The van der Waals surface area contributed by atoms with Crippen LogP contribution in [0.1, 0.15) is 48.0 Å². The van der Waals surface area contributed by atoms with Gasteiger partial charge in [0.15, 0.2) is 5.43 Å². The Morgan fingerprint density at radius 1 is 1.23 bits per heavy atom. The van der Waals surface area contributed by atoms with Crippen molar-refractivity contribution in [1.29, 1.82) is 0 Å². The first-order valence-corrected chi connectivity index (χ1v) is 10.9. The summed E-state index contributed by atoms with van der Waals surface area (Å²) in [6, 6.07) is 7.59. The molecule has 31 heavy (non-hydrogen) atoms. The molecule has 6 heteroatoms. The average Bonchev–Trinajstić information content (AvgIpc) is 3.40. The fourth-order valence-corrected chi connectivity index (χ4v) is 5.00. The first-order chi connectivity index (χ1) is 15.0. The summed E-state index contributed by atoms with van der Waals surface area (Å²) in [6.45, 7) is 0.715. The fraction of sp³-hybridized carbons (Fsp3) is 0.360. The topological polar surface area (TPSA) is 81.7 Å². The molecule has 158 valence electrons. The summed E-state index contributed by atoms with van der Waals surface area (Å²) < 4.78 is 13.6. The van der Waals surface area contributed by atoms with Crippen molar-refractivity contribution < 1.29 is 19.1 Å². The SMILES string of the molecule is O=C(O)c1cn2c(cc1=O)-c1cc(-c3ccoc3)c(OCC3CC3)cc1CC21CCC1. The van der Waals surface area contributed by atoms with Gasteiger partial charge >= 0.3 is 5.97 Å². The Morgan fingerprint density at radius 2 is 2.06 bits per heavy atom. The lowest BCUT2D eigenvalue weighted by Gasteiger charge is -2.48. The van der Waals surface area contributed by atoms with Gasteiger partial charge in [-0.3, -0.25) is 4.79 Å². The van der Waals surface area contributed by atoms with Crippen molar-refractivity contribution >= 4 is 5.97 Å². The minimum atomic E-state index is -1.18. The maximum atomic E-state index is 12.6. The number of pyridine rings is 1. The Labute approximate surface area is 179 Å². The van der Waals surface area contributed by atoms with Crippen molar-refractivity contribution in [3.8, 4) is 28.1 Å². The third-order valence-corrected chi connectivity index (χ3v) is 7.08. The van der Waals surface area contributed by atoms with Crippen LogP contribution >= 0.6 is 0 Å². The molecular weight excluding hydrogens is 394 g/mol. The molecule has 3 aromatic rings. The highest BCUT2D eigenvalue weighted by molar-refractivity contribution is 5.88. The molecule has 0 bridgehead atoms. The van der Waals surface area contributed by atoms with E-state index in [4.69, 9.17) is 9.15 Å². The lowest BCUT2D eigenvalue weighted by Crippen LogP contribution is -2.46. The number of carboxylic acids is 1. The Balaban J connectivity index is 1.55. The van der Waals surface area contributed by atoms with Crippen LogP contribution in [0.3, 0.4) is 0 Å².